The van der Waals surface area contributed by atoms with Crippen LogP contribution >= 0.6 is 38.9 Å². The van der Waals surface area contributed by atoms with Crippen LogP contribution in [0.2, 0.25) is 0 Å². The van der Waals surface area contributed by atoms with Crippen LogP contribution in [-0.4, -0.2) is 10.2 Å². The molecular formula is C9H8BrClN2OS. The van der Waals surface area contributed by atoms with Gasteiger partial charge in [0.25, 0.3) is 5.89 Å². The summed E-state index contributed by atoms with van der Waals surface area (Å²) >= 11 is 10.9. The molecule has 3 nitrogen and oxygen atoms in total. The first-order chi connectivity index (χ1) is 7.08. The van der Waals surface area contributed by atoms with E-state index in [0.717, 1.165) is 14.2 Å². The van der Waals surface area contributed by atoms with Crippen molar-refractivity contribution in [2.45, 2.75) is 19.2 Å². The van der Waals surface area contributed by atoms with Crippen LogP contribution in [0.15, 0.2) is 14.3 Å². The third-order valence-corrected chi connectivity index (χ3v) is 4.16. The zero-order chi connectivity index (χ0) is 11.0. The van der Waals surface area contributed by atoms with Gasteiger partial charge in [-0.15, -0.1) is 33.1 Å². The summed E-state index contributed by atoms with van der Waals surface area (Å²) in [6.07, 6.45) is 0. The van der Waals surface area contributed by atoms with E-state index in [-0.39, 0.29) is 5.38 Å². The van der Waals surface area contributed by atoms with Gasteiger partial charge in [-0.2, -0.15) is 0 Å². The number of halogens is 2. The Balaban J connectivity index is 2.37. The Morgan fingerprint density at radius 3 is 2.73 bits per heavy atom. The van der Waals surface area contributed by atoms with Crippen LogP contribution in [-0.2, 0) is 0 Å². The molecule has 6 heteroatoms. The molecular weight excluding hydrogens is 300 g/mol. The summed E-state index contributed by atoms with van der Waals surface area (Å²) in [7, 11) is 0. The van der Waals surface area contributed by atoms with Gasteiger partial charge in [-0.25, -0.2) is 0 Å². The van der Waals surface area contributed by atoms with Crippen LogP contribution in [0.3, 0.4) is 0 Å². The maximum absolute atomic E-state index is 5.84. The number of aryl methyl sites for hydroxylation is 1. The van der Waals surface area contributed by atoms with Crippen molar-refractivity contribution in [2.24, 2.45) is 0 Å². The van der Waals surface area contributed by atoms with Crippen LogP contribution < -0.4 is 0 Å². The number of hydrogen-bond acceptors (Lipinski definition) is 4. The van der Waals surface area contributed by atoms with Crippen molar-refractivity contribution in [3.8, 4) is 10.8 Å². The average molecular weight is 308 g/mol. The Kier molecular flexibility index (Phi) is 3.13. The van der Waals surface area contributed by atoms with E-state index < -0.39 is 0 Å². The quantitative estimate of drug-likeness (QED) is 0.782. The zero-order valence-electron chi connectivity index (χ0n) is 8.12. The van der Waals surface area contributed by atoms with Crippen molar-refractivity contribution in [2.75, 3.05) is 0 Å². The summed E-state index contributed by atoms with van der Waals surface area (Å²) in [6.45, 7) is 3.82. The molecule has 80 valence electrons. The van der Waals surface area contributed by atoms with Crippen molar-refractivity contribution in [1.29, 1.82) is 0 Å². The van der Waals surface area contributed by atoms with Crippen molar-refractivity contribution in [1.82, 2.24) is 10.2 Å². The monoisotopic (exact) mass is 306 g/mol. The third-order valence-electron chi connectivity index (χ3n) is 1.85. The second kappa shape index (κ2) is 4.23. The first-order valence-electron chi connectivity index (χ1n) is 4.31. The molecule has 0 spiro atoms. The van der Waals surface area contributed by atoms with Crippen molar-refractivity contribution >= 4 is 38.9 Å². The highest BCUT2D eigenvalue weighted by Crippen LogP contribution is 2.34. The van der Waals surface area contributed by atoms with Crippen LogP contribution in [0.5, 0.6) is 0 Å². The topological polar surface area (TPSA) is 38.9 Å². The van der Waals surface area contributed by atoms with E-state index in [4.69, 9.17) is 16.0 Å². The van der Waals surface area contributed by atoms with Gasteiger partial charge < -0.3 is 4.42 Å². The summed E-state index contributed by atoms with van der Waals surface area (Å²) in [5.74, 6) is 0.977. The Labute approximate surface area is 105 Å². The summed E-state index contributed by atoms with van der Waals surface area (Å²) in [6, 6.07) is 2.00. The molecule has 0 saturated carbocycles. The van der Waals surface area contributed by atoms with E-state index >= 15 is 0 Å². The molecule has 15 heavy (non-hydrogen) atoms. The van der Waals surface area contributed by atoms with Crippen LogP contribution in [0.25, 0.3) is 10.8 Å². The number of alkyl halides is 1. The predicted octanol–water partition coefficient (Wildman–Crippen LogP) is 4.17. The highest BCUT2D eigenvalue weighted by Gasteiger charge is 2.15. The molecule has 2 aromatic rings. The fourth-order valence-corrected chi connectivity index (χ4v) is 2.60. The van der Waals surface area contributed by atoms with Gasteiger partial charge in [0, 0.05) is 0 Å². The first-order valence-corrected chi connectivity index (χ1v) is 6.36. The minimum absolute atomic E-state index is 0.254. The SMILES string of the molecule is Cc1cc(-c2nnc(C(C)Cl)o2)sc1Br. The lowest BCUT2D eigenvalue weighted by molar-refractivity contribution is 0.508. The van der Waals surface area contributed by atoms with Crippen molar-refractivity contribution < 1.29 is 4.42 Å². The number of rotatable bonds is 2. The van der Waals surface area contributed by atoms with Crippen LogP contribution in [0, 0.1) is 6.92 Å². The summed E-state index contributed by atoms with van der Waals surface area (Å²) in [4.78, 5) is 0.954. The highest BCUT2D eigenvalue weighted by molar-refractivity contribution is 9.11. The normalized spacial score (nSPS) is 13.1. The van der Waals surface area contributed by atoms with Crippen molar-refractivity contribution in [3.05, 3.63) is 21.3 Å². The predicted molar refractivity (Wildman–Crippen MR) is 64.3 cm³/mol. The Hall–Kier alpha value is -0.390. The molecule has 0 radical (unpaired) electrons. The molecule has 2 aromatic heterocycles. The molecule has 0 fully saturated rings. The maximum atomic E-state index is 5.84. The number of hydrogen-bond donors (Lipinski definition) is 0. The Bertz CT molecular complexity index is 461. The molecule has 0 N–H and O–H groups in total. The molecule has 0 aliphatic heterocycles. The van der Waals surface area contributed by atoms with Gasteiger partial charge in [0.15, 0.2) is 0 Å². The lowest BCUT2D eigenvalue weighted by atomic mass is 10.3. The van der Waals surface area contributed by atoms with Gasteiger partial charge in [0.05, 0.1) is 8.66 Å². The zero-order valence-corrected chi connectivity index (χ0v) is 11.3. The molecule has 0 saturated heterocycles. The largest absolute Gasteiger partial charge is 0.418 e. The van der Waals surface area contributed by atoms with E-state index in [1.165, 1.54) is 0 Å². The Morgan fingerprint density at radius 1 is 1.53 bits per heavy atom. The number of aromatic nitrogens is 2. The first kappa shape index (κ1) is 11.1. The fourth-order valence-electron chi connectivity index (χ4n) is 1.06. The second-order valence-corrected chi connectivity index (χ2v) is 6.15. The molecule has 0 aromatic carbocycles. The molecule has 2 heterocycles. The molecule has 0 aliphatic carbocycles. The van der Waals surface area contributed by atoms with Crippen LogP contribution in [0.4, 0.5) is 0 Å². The van der Waals surface area contributed by atoms with E-state index in [0.29, 0.717) is 11.8 Å². The lowest BCUT2D eigenvalue weighted by Crippen LogP contribution is -1.81. The van der Waals surface area contributed by atoms with Gasteiger partial charge in [-0.05, 0) is 41.4 Å². The minimum atomic E-state index is -0.254. The molecule has 0 aliphatic rings. The van der Waals surface area contributed by atoms with E-state index in [1.807, 2.05) is 13.0 Å². The van der Waals surface area contributed by atoms with Gasteiger partial charge in [0.1, 0.15) is 5.38 Å². The van der Waals surface area contributed by atoms with E-state index in [2.05, 4.69) is 26.1 Å². The Morgan fingerprint density at radius 2 is 2.27 bits per heavy atom. The molecule has 0 amide bonds. The fraction of sp³-hybridized carbons (Fsp3) is 0.333. The molecule has 0 bridgehead atoms. The number of nitrogens with zero attached hydrogens (tertiary/aromatic N) is 2. The standard InChI is InChI=1S/C9H8BrClN2OS/c1-4-3-6(15-7(4)10)9-13-12-8(14-9)5(2)11/h3,5H,1-2H3. The van der Waals surface area contributed by atoms with Gasteiger partial charge in [0.2, 0.25) is 5.89 Å². The lowest BCUT2D eigenvalue weighted by Gasteiger charge is -1.91. The van der Waals surface area contributed by atoms with Crippen LogP contribution in [0.1, 0.15) is 23.8 Å². The van der Waals surface area contributed by atoms with Crippen molar-refractivity contribution in [3.63, 3.8) is 0 Å². The molecule has 1 atom stereocenters. The summed E-state index contributed by atoms with van der Waals surface area (Å²) < 4.78 is 6.51. The minimum Gasteiger partial charge on any atom is -0.418 e. The maximum Gasteiger partial charge on any atom is 0.257 e. The number of thiophene rings is 1. The highest BCUT2D eigenvalue weighted by atomic mass is 79.9. The smallest absolute Gasteiger partial charge is 0.257 e. The average Bonchev–Trinajstić information content (AvgIpc) is 2.74. The summed E-state index contributed by atoms with van der Waals surface area (Å²) in [5.41, 5.74) is 1.16. The molecule has 1 unspecified atom stereocenters. The summed E-state index contributed by atoms with van der Waals surface area (Å²) in [5, 5.41) is 7.57. The van der Waals surface area contributed by atoms with E-state index in [1.54, 1.807) is 18.3 Å². The van der Waals surface area contributed by atoms with Gasteiger partial charge in [-0.3, -0.25) is 0 Å². The van der Waals surface area contributed by atoms with Gasteiger partial charge >= 0.3 is 0 Å². The van der Waals surface area contributed by atoms with Gasteiger partial charge in [-0.1, -0.05) is 0 Å². The second-order valence-electron chi connectivity index (χ2n) is 3.13. The van der Waals surface area contributed by atoms with E-state index in [9.17, 15) is 0 Å². The molecule has 2 rings (SSSR count). The third kappa shape index (κ3) is 2.24.